The molecule has 1 atom stereocenters. The van der Waals surface area contributed by atoms with E-state index in [1.807, 2.05) is 12.1 Å². The fourth-order valence-electron chi connectivity index (χ4n) is 4.71. The largest absolute Gasteiger partial charge is 0.493 e. The summed E-state index contributed by atoms with van der Waals surface area (Å²) in [5, 5.41) is 0. The van der Waals surface area contributed by atoms with Gasteiger partial charge in [0.05, 0.1) is 14.2 Å². The summed E-state index contributed by atoms with van der Waals surface area (Å²) in [4.78, 5) is 15.5. The minimum Gasteiger partial charge on any atom is -0.493 e. The molecule has 4 nitrogen and oxygen atoms in total. The van der Waals surface area contributed by atoms with E-state index in [0.29, 0.717) is 17.4 Å². The average Bonchev–Trinajstić information content (AvgIpc) is 3.03. The van der Waals surface area contributed by atoms with E-state index in [9.17, 15) is 4.79 Å². The molecule has 2 aromatic rings. The van der Waals surface area contributed by atoms with Crippen LogP contribution >= 0.6 is 24.8 Å². The van der Waals surface area contributed by atoms with Gasteiger partial charge in [0.15, 0.2) is 17.3 Å². The Hall–Kier alpha value is -1.75. The zero-order valence-corrected chi connectivity index (χ0v) is 19.3. The summed E-state index contributed by atoms with van der Waals surface area (Å²) in [6, 6.07) is 14.5. The van der Waals surface area contributed by atoms with E-state index in [4.69, 9.17) is 9.47 Å². The number of carbonyl (C=O) groups is 1. The third-order valence-corrected chi connectivity index (χ3v) is 6.29. The molecule has 4 rings (SSSR count). The number of ether oxygens (including phenoxy) is 2. The van der Waals surface area contributed by atoms with Gasteiger partial charge in [0.1, 0.15) is 0 Å². The lowest BCUT2D eigenvalue weighted by Gasteiger charge is -2.32. The molecule has 164 valence electrons. The second-order valence-electron chi connectivity index (χ2n) is 8.07. The van der Waals surface area contributed by atoms with Crippen LogP contribution in [0.5, 0.6) is 11.5 Å². The first-order valence-corrected chi connectivity index (χ1v) is 10.2. The molecule has 0 aromatic heterocycles. The molecule has 1 fully saturated rings. The first kappa shape index (κ1) is 24.5. The maximum atomic E-state index is 12.9. The number of rotatable bonds is 6. The number of halogens is 2. The average molecular weight is 452 g/mol. The van der Waals surface area contributed by atoms with Gasteiger partial charge in [-0.3, -0.25) is 9.69 Å². The lowest BCUT2D eigenvalue weighted by molar-refractivity contribution is 0.0895. The van der Waals surface area contributed by atoms with Gasteiger partial charge in [-0.25, -0.2) is 0 Å². The Balaban J connectivity index is 0.00000160. The number of benzene rings is 2. The highest BCUT2D eigenvalue weighted by Gasteiger charge is 2.34. The van der Waals surface area contributed by atoms with Gasteiger partial charge in [0, 0.05) is 18.0 Å². The van der Waals surface area contributed by atoms with Gasteiger partial charge < -0.3 is 9.47 Å². The topological polar surface area (TPSA) is 38.8 Å². The zero-order valence-electron chi connectivity index (χ0n) is 17.6. The van der Waals surface area contributed by atoms with Crippen LogP contribution in [0.15, 0.2) is 42.5 Å². The van der Waals surface area contributed by atoms with Crippen LogP contribution < -0.4 is 9.47 Å². The van der Waals surface area contributed by atoms with Crippen LogP contribution in [0.4, 0.5) is 0 Å². The number of hydrogen-bond donors (Lipinski definition) is 0. The number of hydrogen-bond acceptors (Lipinski definition) is 4. The molecule has 0 amide bonds. The zero-order chi connectivity index (χ0) is 19.5. The highest BCUT2D eigenvalue weighted by Crippen LogP contribution is 2.39. The lowest BCUT2D eigenvalue weighted by atomic mass is 9.85. The van der Waals surface area contributed by atoms with E-state index in [1.54, 1.807) is 14.2 Å². The number of likely N-dealkylation sites (tertiary alicyclic amines) is 1. The van der Waals surface area contributed by atoms with Gasteiger partial charge >= 0.3 is 0 Å². The van der Waals surface area contributed by atoms with Crippen molar-refractivity contribution in [3.05, 3.63) is 59.2 Å². The second kappa shape index (κ2) is 11.0. The Bertz CT molecular complexity index is 836. The van der Waals surface area contributed by atoms with E-state index < -0.39 is 0 Å². The fraction of sp³-hybridized carbons (Fsp3) is 0.458. The van der Waals surface area contributed by atoms with Crippen molar-refractivity contribution in [2.75, 3.05) is 27.3 Å². The van der Waals surface area contributed by atoms with Crippen molar-refractivity contribution in [2.45, 2.75) is 32.2 Å². The van der Waals surface area contributed by atoms with Crippen LogP contribution in [0, 0.1) is 11.8 Å². The molecule has 1 unspecified atom stereocenters. The standard InChI is InChI=1S/C24H29NO3.2ClH/c1-27-22-14-19-13-20(24(26)21(19)15-23(22)28-2)12-17-8-10-25(11-9-17)16-18-6-4-3-5-7-18;;/h3-7,14-15,17,20H,8-13,16H2,1-2H3;2*1H. The Morgan fingerprint density at radius 2 is 1.60 bits per heavy atom. The van der Waals surface area contributed by atoms with E-state index in [2.05, 4.69) is 35.2 Å². The first-order valence-electron chi connectivity index (χ1n) is 10.2. The molecule has 0 spiro atoms. The van der Waals surface area contributed by atoms with Crippen molar-refractivity contribution < 1.29 is 14.3 Å². The van der Waals surface area contributed by atoms with E-state index in [1.165, 1.54) is 18.4 Å². The molecular weight excluding hydrogens is 421 g/mol. The number of ketones is 1. The number of methoxy groups -OCH3 is 2. The minimum absolute atomic E-state index is 0. The molecule has 1 aliphatic heterocycles. The predicted molar refractivity (Wildman–Crippen MR) is 125 cm³/mol. The molecule has 1 saturated heterocycles. The second-order valence-corrected chi connectivity index (χ2v) is 8.07. The first-order chi connectivity index (χ1) is 13.7. The predicted octanol–water partition coefficient (Wildman–Crippen LogP) is 5.20. The quantitative estimate of drug-likeness (QED) is 0.604. The molecule has 0 saturated carbocycles. The third-order valence-electron chi connectivity index (χ3n) is 6.29. The normalized spacial score (nSPS) is 18.9. The molecule has 1 aliphatic carbocycles. The van der Waals surface area contributed by atoms with Crippen LogP contribution in [0.25, 0.3) is 0 Å². The van der Waals surface area contributed by atoms with Crippen molar-refractivity contribution in [3.63, 3.8) is 0 Å². The number of fused-ring (bicyclic) bond motifs is 1. The monoisotopic (exact) mass is 451 g/mol. The van der Waals surface area contributed by atoms with Crippen molar-refractivity contribution >= 4 is 30.6 Å². The Labute approximate surface area is 191 Å². The molecule has 2 aliphatic rings. The summed E-state index contributed by atoms with van der Waals surface area (Å²) in [5.74, 6) is 2.38. The molecule has 30 heavy (non-hydrogen) atoms. The summed E-state index contributed by atoms with van der Waals surface area (Å²) in [5.41, 5.74) is 3.31. The summed E-state index contributed by atoms with van der Waals surface area (Å²) in [6.07, 6.45) is 4.19. The molecule has 0 bridgehead atoms. The third kappa shape index (κ3) is 5.29. The summed E-state index contributed by atoms with van der Waals surface area (Å²) in [7, 11) is 3.26. The SMILES string of the molecule is COc1cc2c(cc1OC)C(=O)C(CC1CCN(Cc3ccccc3)CC1)C2.Cl.Cl. The van der Waals surface area contributed by atoms with Gasteiger partial charge in [0.2, 0.25) is 0 Å². The molecular formula is C24H31Cl2NO3. The Morgan fingerprint density at radius 3 is 2.23 bits per heavy atom. The Morgan fingerprint density at radius 1 is 0.967 bits per heavy atom. The number of Topliss-reactive ketones (excluding diaryl/α,β-unsaturated/α-hetero) is 1. The van der Waals surface area contributed by atoms with Gasteiger partial charge in [-0.15, -0.1) is 24.8 Å². The number of piperidine rings is 1. The number of nitrogens with zero attached hydrogens (tertiary/aromatic N) is 1. The molecule has 0 N–H and O–H groups in total. The van der Waals surface area contributed by atoms with Crippen LogP contribution in [0.1, 0.15) is 40.7 Å². The molecule has 1 heterocycles. The van der Waals surface area contributed by atoms with Gasteiger partial charge in [0.25, 0.3) is 0 Å². The van der Waals surface area contributed by atoms with Crippen LogP contribution in [-0.2, 0) is 13.0 Å². The van der Waals surface area contributed by atoms with Crippen molar-refractivity contribution in [1.82, 2.24) is 4.90 Å². The van der Waals surface area contributed by atoms with Gasteiger partial charge in [-0.1, -0.05) is 30.3 Å². The van der Waals surface area contributed by atoms with Crippen molar-refractivity contribution in [1.29, 1.82) is 0 Å². The maximum absolute atomic E-state index is 12.9. The summed E-state index contributed by atoms with van der Waals surface area (Å²) < 4.78 is 10.8. The molecule has 0 radical (unpaired) electrons. The van der Waals surface area contributed by atoms with E-state index >= 15 is 0 Å². The van der Waals surface area contributed by atoms with Crippen molar-refractivity contribution in [3.8, 4) is 11.5 Å². The van der Waals surface area contributed by atoms with E-state index in [0.717, 1.165) is 43.6 Å². The van der Waals surface area contributed by atoms with Crippen LogP contribution in [0.2, 0.25) is 0 Å². The van der Waals surface area contributed by atoms with E-state index in [-0.39, 0.29) is 36.5 Å². The smallest absolute Gasteiger partial charge is 0.166 e. The number of carbonyl (C=O) groups excluding carboxylic acids is 1. The lowest BCUT2D eigenvalue weighted by Crippen LogP contribution is -2.34. The molecule has 2 aromatic carbocycles. The highest BCUT2D eigenvalue weighted by atomic mass is 35.5. The molecule has 6 heteroatoms. The van der Waals surface area contributed by atoms with Crippen LogP contribution in [-0.4, -0.2) is 38.0 Å². The van der Waals surface area contributed by atoms with Gasteiger partial charge in [-0.05, 0) is 68.0 Å². The highest BCUT2D eigenvalue weighted by molar-refractivity contribution is 6.02. The van der Waals surface area contributed by atoms with Crippen molar-refractivity contribution in [2.24, 2.45) is 11.8 Å². The van der Waals surface area contributed by atoms with Crippen LogP contribution in [0.3, 0.4) is 0 Å². The maximum Gasteiger partial charge on any atom is 0.166 e. The minimum atomic E-state index is 0. The Kier molecular flexibility index (Phi) is 9.02. The van der Waals surface area contributed by atoms with Gasteiger partial charge in [-0.2, -0.15) is 0 Å². The summed E-state index contributed by atoms with van der Waals surface area (Å²) in [6.45, 7) is 3.27. The summed E-state index contributed by atoms with van der Waals surface area (Å²) >= 11 is 0. The fourth-order valence-corrected chi connectivity index (χ4v) is 4.71.